The Balaban J connectivity index is 1.46. The Kier molecular flexibility index (Phi) is 5.98. The monoisotopic (exact) mass is 388 g/mol. The van der Waals surface area contributed by atoms with Crippen LogP contribution in [0.1, 0.15) is 112 Å². The van der Waals surface area contributed by atoms with Crippen molar-refractivity contribution in [3.8, 4) is 0 Å². The van der Waals surface area contributed by atoms with Crippen molar-refractivity contribution < 1.29 is 5.11 Å². The fraction of sp³-hybridized carbons (Fsp3) is 1.00. The molecule has 0 radical (unpaired) electrons. The highest BCUT2D eigenvalue weighted by atomic mass is 16.3. The first-order chi connectivity index (χ1) is 13.3. The number of aliphatic hydroxyl groups is 1. The maximum absolute atomic E-state index is 10.3. The quantitative estimate of drug-likeness (QED) is 0.518. The molecule has 0 aliphatic heterocycles. The molecule has 0 heterocycles. The van der Waals surface area contributed by atoms with Crippen molar-refractivity contribution in [3.05, 3.63) is 0 Å². The Bertz CT molecular complexity index is 540. The first kappa shape index (κ1) is 21.2. The zero-order valence-corrected chi connectivity index (χ0v) is 19.6. The molecule has 28 heavy (non-hydrogen) atoms. The number of rotatable bonds is 5. The summed E-state index contributed by atoms with van der Waals surface area (Å²) in [6.07, 6.45) is 16.6. The summed E-state index contributed by atoms with van der Waals surface area (Å²) in [5, 5.41) is 10.3. The van der Waals surface area contributed by atoms with Gasteiger partial charge in [-0.25, -0.2) is 0 Å². The van der Waals surface area contributed by atoms with E-state index in [1.165, 1.54) is 64.2 Å². The van der Waals surface area contributed by atoms with E-state index < -0.39 is 0 Å². The maximum atomic E-state index is 10.3. The zero-order chi connectivity index (χ0) is 20.1. The SMILES string of the molecule is CC(C)CCC[C@H](C)[C@@H]1CC[C@H]2[C@H]3CC[C@H]4C[C@@H](O)CC[C@]4(C)[C@H]3CC[C@]21C. The molecule has 0 spiro atoms. The average Bonchev–Trinajstić information content (AvgIpc) is 2.99. The molecule has 0 aromatic carbocycles. The molecule has 0 aromatic rings. The van der Waals surface area contributed by atoms with Gasteiger partial charge in [0.15, 0.2) is 0 Å². The van der Waals surface area contributed by atoms with Crippen molar-refractivity contribution in [3.63, 3.8) is 0 Å². The minimum atomic E-state index is -0.00830. The molecule has 0 amide bonds. The van der Waals surface area contributed by atoms with Crippen molar-refractivity contribution >= 4 is 0 Å². The molecular weight excluding hydrogens is 340 g/mol. The van der Waals surface area contributed by atoms with Crippen LogP contribution in [0.3, 0.4) is 0 Å². The smallest absolute Gasteiger partial charge is 0.0543 e. The molecule has 0 aromatic heterocycles. The van der Waals surface area contributed by atoms with Crippen molar-refractivity contribution in [2.75, 3.05) is 0 Å². The van der Waals surface area contributed by atoms with Gasteiger partial charge in [-0.1, -0.05) is 53.9 Å². The maximum Gasteiger partial charge on any atom is 0.0543 e. The number of hydrogen-bond acceptors (Lipinski definition) is 1. The Hall–Kier alpha value is -0.0400. The first-order valence-corrected chi connectivity index (χ1v) is 12.9. The summed E-state index contributed by atoms with van der Waals surface area (Å²) >= 11 is 0. The molecule has 4 aliphatic rings. The molecule has 162 valence electrons. The van der Waals surface area contributed by atoms with E-state index in [2.05, 4.69) is 34.6 Å². The van der Waals surface area contributed by atoms with Gasteiger partial charge in [0.1, 0.15) is 0 Å². The summed E-state index contributed by atoms with van der Waals surface area (Å²) in [5.74, 6) is 6.49. The van der Waals surface area contributed by atoms with Gasteiger partial charge in [0.2, 0.25) is 0 Å². The lowest BCUT2D eigenvalue weighted by Crippen LogP contribution is -2.54. The molecule has 1 nitrogen and oxygen atoms in total. The summed E-state index contributed by atoms with van der Waals surface area (Å²) in [6, 6.07) is 0. The second kappa shape index (κ2) is 7.90. The van der Waals surface area contributed by atoms with Crippen LogP contribution in [-0.2, 0) is 0 Å². The van der Waals surface area contributed by atoms with E-state index >= 15 is 0 Å². The van der Waals surface area contributed by atoms with Crippen LogP contribution in [-0.4, -0.2) is 11.2 Å². The lowest BCUT2D eigenvalue weighted by atomic mass is 9.44. The summed E-state index contributed by atoms with van der Waals surface area (Å²) < 4.78 is 0. The molecule has 9 atom stereocenters. The predicted octanol–water partition coefficient (Wildman–Crippen LogP) is 7.47. The summed E-state index contributed by atoms with van der Waals surface area (Å²) in [5.41, 5.74) is 1.15. The van der Waals surface area contributed by atoms with Gasteiger partial charge in [-0.05, 0) is 110 Å². The largest absolute Gasteiger partial charge is 0.393 e. The molecule has 4 aliphatic carbocycles. The third-order valence-electron chi connectivity index (χ3n) is 10.8. The van der Waals surface area contributed by atoms with Crippen LogP contribution < -0.4 is 0 Å². The summed E-state index contributed by atoms with van der Waals surface area (Å²) in [7, 11) is 0. The Morgan fingerprint density at radius 1 is 0.821 bits per heavy atom. The Morgan fingerprint density at radius 2 is 1.54 bits per heavy atom. The van der Waals surface area contributed by atoms with Crippen molar-refractivity contribution in [1.82, 2.24) is 0 Å². The molecule has 4 rings (SSSR count). The molecule has 1 N–H and O–H groups in total. The lowest BCUT2D eigenvalue weighted by Gasteiger charge is -2.61. The van der Waals surface area contributed by atoms with Gasteiger partial charge in [-0.2, -0.15) is 0 Å². The van der Waals surface area contributed by atoms with Gasteiger partial charge in [-0.3, -0.25) is 0 Å². The molecule has 0 saturated heterocycles. The molecule has 4 saturated carbocycles. The van der Waals surface area contributed by atoms with E-state index in [1.54, 1.807) is 0 Å². The second-order valence-electron chi connectivity index (χ2n) is 12.6. The van der Waals surface area contributed by atoms with Crippen molar-refractivity contribution in [1.29, 1.82) is 0 Å². The number of hydrogen-bond donors (Lipinski definition) is 1. The third kappa shape index (κ3) is 3.50. The van der Waals surface area contributed by atoms with Crippen LogP contribution in [0.4, 0.5) is 0 Å². The van der Waals surface area contributed by atoms with Gasteiger partial charge in [0, 0.05) is 0 Å². The molecule has 0 bridgehead atoms. The molecule has 1 heteroatoms. The number of aliphatic hydroxyl groups excluding tert-OH is 1. The topological polar surface area (TPSA) is 20.2 Å². The highest BCUT2D eigenvalue weighted by molar-refractivity contribution is 5.09. The Labute approximate surface area is 175 Å². The minimum Gasteiger partial charge on any atom is -0.393 e. The fourth-order valence-corrected chi connectivity index (χ4v) is 9.26. The standard InChI is InChI=1S/C27H48O/c1-18(2)7-6-8-19(3)23-11-12-24-22-10-9-20-17-21(28)13-15-26(20,4)25(22)14-16-27(23,24)5/h18-25,28H,6-17H2,1-5H3/t19-,20-,21-,22+,23-,24-,25-,26-,27-/m0/s1. The fourth-order valence-electron chi connectivity index (χ4n) is 9.26. The van der Waals surface area contributed by atoms with Gasteiger partial charge in [-0.15, -0.1) is 0 Å². The first-order valence-electron chi connectivity index (χ1n) is 12.9. The van der Waals surface area contributed by atoms with Crippen molar-refractivity contribution in [2.24, 2.45) is 52.3 Å². The Morgan fingerprint density at radius 3 is 2.29 bits per heavy atom. The average molecular weight is 389 g/mol. The lowest BCUT2D eigenvalue weighted by molar-refractivity contribution is -0.129. The van der Waals surface area contributed by atoms with Crippen LogP contribution in [0.25, 0.3) is 0 Å². The van der Waals surface area contributed by atoms with E-state index in [-0.39, 0.29) is 6.10 Å². The van der Waals surface area contributed by atoms with E-state index in [0.29, 0.717) is 10.8 Å². The van der Waals surface area contributed by atoms with E-state index in [0.717, 1.165) is 54.3 Å². The van der Waals surface area contributed by atoms with Gasteiger partial charge < -0.3 is 5.11 Å². The summed E-state index contributed by atoms with van der Waals surface area (Å²) in [4.78, 5) is 0. The second-order valence-corrected chi connectivity index (χ2v) is 12.6. The van der Waals surface area contributed by atoms with Crippen LogP contribution in [0.15, 0.2) is 0 Å². The molecule has 4 fully saturated rings. The van der Waals surface area contributed by atoms with Crippen LogP contribution in [0.5, 0.6) is 0 Å². The van der Waals surface area contributed by atoms with E-state index in [4.69, 9.17) is 0 Å². The van der Waals surface area contributed by atoms with Crippen molar-refractivity contribution in [2.45, 2.75) is 118 Å². The highest BCUT2D eigenvalue weighted by Gasteiger charge is 2.60. The predicted molar refractivity (Wildman–Crippen MR) is 119 cm³/mol. The van der Waals surface area contributed by atoms with Crippen LogP contribution >= 0.6 is 0 Å². The third-order valence-corrected chi connectivity index (χ3v) is 10.8. The van der Waals surface area contributed by atoms with Crippen LogP contribution in [0.2, 0.25) is 0 Å². The van der Waals surface area contributed by atoms with Gasteiger partial charge in [0.05, 0.1) is 6.10 Å². The van der Waals surface area contributed by atoms with Gasteiger partial charge in [0.25, 0.3) is 0 Å². The zero-order valence-electron chi connectivity index (χ0n) is 19.6. The van der Waals surface area contributed by atoms with E-state index in [9.17, 15) is 5.11 Å². The summed E-state index contributed by atoms with van der Waals surface area (Å²) in [6.45, 7) is 12.7. The normalized spacial score (nSPS) is 49.4. The molecular formula is C27H48O. The number of fused-ring (bicyclic) bond motifs is 5. The molecule has 0 unspecified atom stereocenters. The van der Waals surface area contributed by atoms with Crippen LogP contribution in [0, 0.1) is 52.3 Å². The van der Waals surface area contributed by atoms with Gasteiger partial charge >= 0.3 is 0 Å². The minimum absolute atomic E-state index is 0.00830. The van der Waals surface area contributed by atoms with E-state index in [1.807, 2.05) is 0 Å². The highest BCUT2D eigenvalue weighted by Crippen LogP contribution is 2.68.